The molecule has 39 heavy (non-hydrogen) atoms. The van der Waals surface area contributed by atoms with E-state index in [-0.39, 0.29) is 41.4 Å². The molecule has 3 heterocycles. The number of fused-ring (bicyclic) bond motifs is 3. The van der Waals surface area contributed by atoms with Crippen LogP contribution in [-0.4, -0.2) is 58.2 Å². The van der Waals surface area contributed by atoms with E-state index in [4.69, 9.17) is 0 Å². The molecule has 200 valence electrons. The predicted octanol–water partition coefficient (Wildman–Crippen LogP) is 4.09. The second kappa shape index (κ2) is 9.19. The maximum absolute atomic E-state index is 14.3. The second-order valence-electron chi connectivity index (χ2n) is 10.9. The summed E-state index contributed by atoms with van der Waals surface area (Å²) in [6, 6.07) is 10.9. The Morgan fingerprint density at radius 3 is 2.72 bits per heavy atom. The number of aromatic amines is 1. The highest BCUT2D eigenvalue weighted by Crippen LogP contribution is 2.46. The zero-order valence-corrected chi connectivity index (χ0v) is 21.3. The number of benzene rings is 2. The van der Waals surface area contributed by atoms with Gasteiger partial charge in [0.15, 0.2) is 0 Å². The average molecular weight is 532 g/mol. The highest BCUT2D eigenvalue weighted by atomic mass is 19.1. The van der Waals surface area contributed by atoms with Crippen LogP contribution < -0.4 is 5.32 Å². The maximum atomic E-state index is 14.3. The molecule has 0 bridgehead atoms. The number of para-hydroxylation sites is 1. The summed E-state index contributed by atoms with van der Waals surface area (Å²) in [4.78, 5) is 46.4. The van der Waals surface area contributed by atoms with Gasteiger partial charge in [0, 0.05) is 37.2 Å². The number of carbonyl (C=O) groups is 3. The highest BCUT2D eigenvalue weighted by Gasteiger charge is 2.56. The van der Waals surface area contributed by atoms with Crippen molar-refractivity contribution < 1.29 is 23.2 Å². The lowest BCUT2D eigenvalue weighted by molar-refractivity contribution is -0.137. The van der Waals surface area contributed by atoms with Gasteiger partial charge in [-0.15, -0.1) is 0 Å². The van der Waals surface area contributed by atoms with Crippen LogP contribution in [-0.2, 0) is 15.0 Å². The summed E-state index contributed by atoms with van der Waals surface area (Å²) in [6.45, 7) is 0.0347. The van der Waals surface area contributed by atoms with E-state index in [0.29, 0.717) is 12.1 Å². The summed E-state index contributed by atoms with van der Waals surface area (Å²) in [5.41, 5.74) is 0.576. The number of nitrogens with one attached hydrogen (secondary N) is 2. The number of amides is 3. The van der Waals surface area contributed by atoms with Crippen LogP contribution in [0.3, 0.4) is 0 Å². The van der Waals surface area contributed by atoms with Gasteiger partial charge in [0.25, 0.3) is 5.91 Å². The second-order valence-corrected chi connectivity index (χ2v) is 10.9. The van der Waals surface area contributed by atoms with E-state index >= 15 is 0 Å². The number of nitrogens with zero attached hydrogens (tertiary/aromatic N) is 3. The summed E-state index contributed by atoms with van der Waals surface area (Å²) in [6.07, 6.45) is 3.49. The lowest BCUT2D eigenvalue weighted by Crippen LogP contribution is -2.52. The number of likely N-dealkylation sites (N-methyl/N-ethyl adjacent to an activating group) is 1. The number of carbonyl (C=O) groups excluding carboxylic acids is 3. The molecule has 3 aliphatic rings. The first-order chi connectivity index (χ1) is 18.7. The fourth-order valence-electron chi connectivity index (χ4n) is 6.25. The quantitative estimate of drug-likeness (QED) is 0.517. The van der Waals surface area contributed by atoms with Crippen molar-refractivity contribution in [3.05, 3.63) is 65.4 Å². The first-order valence-electron chi connectivity index (χ1n) is 13.1. The van der Waals surface area contributed by atoms with Crippen LogP contribution in [0.5, 0.6) is 0 Å². The summed E-state index contributed by atoms with van der Waals surface area (Å²) in [7, 11) is 1.51. The Hall–Kier alpha value is -4.26. The Bertz CT molecular complexity index is 1560. The van der Waals surface area contributed by atoms with Gasteiger partial charge in [0.2, 0.25) is 11.8 Å². The van der Waals surface area contributed by atoms with E-state index in [1.54, 1.807) is 6.07 Å². The van der Waals surface area contributed by atoms with Crippen molar-refractivity contribution in [2.24, 2.45) is 5.92 Å². The Kier molecular flexibility index (Phi) is 5.90. The van der Waals surface area contributed by atoms with Gasteiger partial charge in [0.05, 0.1) is 17.0 Å². The molecule has 8 nitrogen and oxygen atoms in total. The van der Waals surface area contributed by atoms with Crippen LogP contribution in [0.25, 0.3) is 10.9 Å². The molecule has 1 spiro atoms. The van der Waals surface area contributed by atoms with Crippen molar-refractivity contribution >= 4 is 34.3 Å². The molecule has 1 saturated carbocycles. The van der Waals surface area contributed by atoms with Gasteiger partial charge >= 0.3 is 0 Å². The molecule has 10 heteroatoms. The number of aromatic nitrogens is 1. The molecule has 3 atom stereocenters. The Balaban J connectivity index is 1.32. The van der Waals surface area contributed by atoms with Crippen molar-refractivity contribution in [1.82, 2.24) is 14.8 Å². The van der Waals surface area contributed by atoms with Gasteiger partial charge in [-0.2, -0.15) is 5.26 Å². The monoisotopic (exact) mass is 531 g/mol. The lowest BCUT2D eigenvalue weighted by Gasteiger charge is -2.36. The zero-order chi connectivity index (χ0) is 27.5. The zero-order valence-electron chi connectivity index (χ0n) is 21.3. The number of hydrogen-bond donors (Lipinski definition) is 2. The van der Waals surface area contributed by atoms with E-state index in [1.165, 1.54) is 22.9 Å². The SMILES string of the molecule is CN(C(=O)c1cc2c(F)cc(F)cc2[nH]1)[C@@H](CC1CCC1)C(=O)N1C[C@]2(C[C@H]1C#N)C(=O)Nc1ccccc12. The fourth-order valence-corrected chi connectivity index (χ4v) is 6.25. The average Bonchev–Trinajstić information content (AvgIpc) is 3.57. The van der Waals surface area contributed by atoms with Crippen LogP contribution in [0.4, 0.5) is 14.5 Å². The van der Waals surface area contributed by atoms with Crippen molar-refractivity contribution in [3.8, 4) is 6.07 Å². The van der Waals surface area contributed by atoms with Gasteiger partial charge in [-0.3, -0.25) is 14.4 Å². The first-order valence-corrected chi connectivity index (χ1v) is 13.1. The van der Waals surface area contributed by atoms with Gasteiger partial charge in [-0.25, -0.2) is 8.78 Å². The number of anilines is 1. The normalized spacial score (nSPS) is 22.9. The van der Waals surface area contributed by atoms with Gasteiger partial charge in [-0.05, 0) is 36.1 Å². The standard InChI is InChI=1S/C29H27F2N5O3/c1-35(26(37)24-12-19-21(31)10-17(30)11-23(19)33-24)25(9-16-5-4-6-16)27(38)36-15-29(13-18(36)14-32)20-7-2-3-8-22(20)34-28(29)39/h2-3,7-8,10-12,16,18,25,33H,4-6,9,13,15H2,1H3,(H,34,39)/t18-,25-,29-/m0/s1. The molecule has 1 aliphatic carbocycles. The third-order valence-electron chi connectivity index (χ3n) is 8.65. The van der Waals surface area contributed by atoms with Crippen LogP contribution in [0.15, 0.2) is 42.5 Å². The Morgan fingerprint density at radius 1 is 1.23 bits per heavy atom. The molecule has 2 N–H and O–H groups in total. The summed E-state index contributed by atoms with van der Waals surface area (Å²) in [5, 5.41) is 13.0. The predicted molar refractivity (Wildman–Crippen MR) is 139 cm³/mol. The molecule has 2 aliphatic heterocycles. The van der Waals surface area contributed by atoms with Crippen LogP contribution in [0.1, 0.15) is 48.2 Å². The number of likely N-dealkylation sites (tertiary alicyclic amines) is 1. The topological polar surface area (TPSA) is 109 Å². The molecular weight excluding hydrogens is 504 g/mol. The van der Waals surface area contributed by atoms with E-state index in [1.807, 2.05) is 18.2 Å². The molecule has 1 saturated heterocycles. The van der Waals surface area contributed by atoms with Gasteiger partial charge in [-0.1, -0.05) is 37.5 Å². The molecule has 6 rings (SSSR count). The van der Waals surface area contributed by atoms with Crippen LogP contribution >= 0.6 is 0 Å². The maximum Gasteiger partial charge on any atom is 0.270 e. The van der Waals surface area contributed by atoms with Gasteiger partial charge in [0.1, 0.15) is 29.4 Å². The van der Waals surface area contributed by atoms with Crippen LogP contribution in [0, 0.1) is 28.9 Å². The van der Waals surface area contributed by atoms with Crippen molar-refractivity contribution in [3.63, 3.8) is 0 Å². The Labute approximate surface area is 223 Å². The molecule has 3 amide bonds. The molecule has 3 aromatic rings. The number of halogens is 2. The van der Waals surface area contributed by atoms with Crippen LogP contribution in [0.2, 0.25) is 0 Å². The van der Waals surface area contributed by atoms with Gasteiger partial charge < -0.3 is 20.1 Å². The van der Waals surface area contributed by atoms with E-state index in [2.05, 4.69) is 16.4 Å². The minimum Gasteiger partial charge on any atom is -0.350 e. The summed E-state index contributed by atoms with van der Waals surface area (Å²) < 4.78 is 28.0. The van der Waals surface area contributed by atoms with E-state index in [9.17, 15) is 28.4 Å². The molecule has 0 radical (unpaired) electrons. The molecular formula is C29H27F2N5O3. The molecule has 0 unspecified atom stereocenters. The third-order valence-corrected chi connectivity index (χ3v) is 8.65. The largest absolute Gasteiger partial charge is 0.350 e. The smallest absolute Gasteiger partial charge is 0.270 e. The minimum absolute atomic E-state index is 0.0298. The van der Waals surface area contributed by atoms with Crippen molar-refractivity contribution in [1.29, 1.82) is 5.26 Å². The van der Waals surface area contributed by atoms with E-state index < -0.39 is 40.9 Å². The number of hydrogen-bond acceptors (Lipinski definition) is 4. The number of H-pyrrole nitrogens is 1. The van der Waals surface area contributed by atoms with Crippen molar-refractivity contribution in [2.45, 2.75) is 49.6 Å². The summed E-state index contributed by atoms with van der Waals surface area (Å²) in [5.74, 6) is -2.50. The third kappa shape index (κ3) is 3.95. The fraction of sp³-hybridized carbons (Fsp3) is 0.379. The van der Waals surface area contributed by atoms with Crippen molar-refractivity contribution in [2.75, 3.05) is 18.9 Å². The lowest BCUT2D eigenvalue weighted by atomic mass is 9.79. The first kappa shape index (κ1) is 25.0. The summed E-state index contributed by atoms with van der Waals surface area (Å²) >= 11 is 0. The molecule has 2 aromatic carbocycles. The molecule has 1 aromatic heterocycles. The number of rotatable bonds is 5. The minimum atomic E-state index is -1.03. The Morgan fingerprint density at radius 2 is 2.00 bits per heavy atom. The highest BCUT2D eigenvalue weighted by molar-refractivity contribution is 6.07. The van der Waals surface area contributed by atoms with E-state index in [0.717, 1.165) is 37.0 Å². The molecule has 2 fully saturated rings. The number of nitriles is 1.